The van der Waals surface area contributed by atoms with E-state index in [0.29, 0.717) is 17.1 Å². The summed E-state index contributed by atoms with van der Waals surface area (Å²) in [6, 6.07) is 8.07. The van der Waals surface area contributed by atoms with Gasteiger partial charge >= 0.3 is 0 Å². The predicted molar refractivity (Wildman–Crippen MR) is 87.7 cm³/mol. The number of hydrogen-bond donors (Lipinski definition) is 1. The molecule has 3 rings (SSSR count). The Morgan fingerprint density at radius 3 is 2.73 bits per heavy atom. The fourth-order valence-electron chi connectivity index (χ4n) is 2.26. The third-order valence-corrected chi connectivity index (χ3v) is 4.07. The zero-order chi connectivity index (χ0) is 15.5. The number of rotatable bonds is 4. The maximum Gasteiger partial charge on any atom is 0.260 e. The van der Waals surface area contributed by atoms with E-state index in [1.54, 1.807) is 12.4 Å². The fraction of sp³-hybridized carbons (Fsp3) is 0.188. The molecule has 5 nitrogen and oxygen atoms in total. The van der Waals surface area contributed by atoms with Gasteiger partial charge in [-0.2, -0.15) is 5.10 Å². The van der Waals surface area contributed by atoms with Gasteiger partial charge in [-0.15, -0.1) is 11.3 Å². The molecule has 0 unspecified atom stereocenters. The van der Waals surface area contributed by atoms with Crippen molar-refractivity contribution in [2.75, 3.05) is 5.32 Å². The first-order valence-electron chi connectivity index (χ1n) is 7.04. The van der Waals surface area contributed by atoms with Crippen LogP contribution in [-0.4, -0.2) is 20.7 Å². The summed E-state index contributed by atoms with van der Waals surface area (Å²) in [5, 5.41) is 9.60. The number of nitrogens with one attached hydrogen (secondary N) is 1. The van der Waals surface area contributed by atoms with Gasteiger partial charge in [0.15, 0.2) is 5.13 Å². The van der Waals surface area contributed by atoms with Gasteiger partial charge in [0.2, 0.25) is 0 Å². The Labute approximate surface area is 132 Å². The van der Waals surface area contributed by atoms with E-state index >= 15 is 0 Å². The second-order valence-electron chi connectivity index (χ2n) is 4.90. The molecule has 6 heteroatoms. The molecule has 0 aliphatic carbocycles. The normalized spacial score (nSPS) is 10.6. The van der Waals surface area contributed by atoms with Gasteiger partial charge in [0, 0.05) is 11.6 Å². The van der Waals surface area contributed by atoms with Crippen molar-refractivity contribution in [2.45, 2.75) is 20.3 Å². The van der Waals surface area contributed by atoms with Crippen LogP contribution in [-0.2, 0) is 6.42 Å². The number of carbonyl (C=O) groups excluding carboxylic acids is 1. The number of hydrogen-bond acceptors (Lipinski definition) is 4. The van der Waals surface area contributed by atoms with Gasteiger partial charge < -0.3 is 0 Å². The molecule has 0 radical (unpaired) electrons. The van der Waals surface area contributed by atoms with Crippen molar-refractivity contribution in [1.29, 1.82) is 0 Å². The summed E-state index contributed by atoms with van der Waals surface area (Å²) in [6.07, 6.45) is 3.99. The summed E-state index contributed by atoms with van der Waals surface area (Å²) in [6.45, 7) is 4.06. The van der Waals surface area contributed by atoms with Gasteiger partial charge in [0.1, 0.15) is 0 Å². The molecule has 0 aliphatic heterocycles. The van der Waals surface area contributed by atoms with Gasteiger partial charge in [-0.05, 0) is 25.5 Å². The lowest BCUT2D eigenvalue weighted by Crippen LogP contribution is -2.14. The highest BCUT2D eigenvalue weighted by atomic mass is 32.1. The highest BCUT2D eigenvalue weighted by Gasteiger charge is 2.17. The molecular formula is C16H16N4OS. The van der Waals surface area contributed by atoms with Crippen molar-refractivity contribution in [2.24, 2.45) is 0 Å². The predicted octanol–water partition coefficient (Wildman–Crippen LogP) is 3.45. The van der Waals surface area contributed by atoms with Gasteiger partial charge in [-0.3, -0.25) is 10.1 Å². The van der Waals surface area contributed by atoms with E-state index in [1.165, 1.54) is 16.9 Å². The average Bonchev–Trinajstić information content (AvgIpc) is 3.16. The Bertz CT molecular complexity index is 775. The van der Waals surface area contributed by atoms with Crippen molar-refractivity contribution >= 4 is 22.4 Å². The number of anilines is 1. The molecule has 1 aromatic carbocycles. The first-order valence-corrected chi connectivity index (χ1v) is 7.91. The Morgan fingerprint density at radius 2 is 2.09 bits per heavy atom. The van der Waals surface area contributed by atoms with E-state index in [2.05, 4.69) is 15.4 Å². The van der Waals surface area contributed by atoms with Crippen LogP contribution in [0.2, 0.25) is 0 Å². The maximum absolute atomic E-state index is 12.4. The first-order chi connectivity index (χ1) is 10.7. The largest absolute Gasteiger partial charge is 0.298 e. The van der Waals surface area contributed by atoms with Crippen LogP contribution in [0.25, 0.3) is 5.69 Å². The molecule has 0 aliphatic rings. The minimum atomic E-state index is -0.176. The zero-order valence-electron chi connectivity index (χ0n) is 12.4. The van der Waals surface area contributed by atoms with Crippen LogP contribution in [0.1, 0.15) is 28.5 Å². The lowest BCUT2D eigenvalue weighted by atomic mass is 10.2. The number of benzene rings is 1. The van der Waals surface area contributed by atoms with E-state index in [4.69, 9.17) is 0 Å². The second kappa shape index (κ2) is 6.11. The number of thiazole rings is 1. The number of aryl methyl sites for hydroxylation is 1. The molecule has 0 fully saturated rings. The lowest BCUT2D eigenvalue weighted by Gasteiger charge is -2.08. The summed E-state index contributed by atoms with van der Waals surface area (Å²) in [5.41, 5.74) is 3.61. The van der Waals surface area contributed by atoms with Gasteiger partial charge in [0.05, 0.1) is 23.1 Å². The Morgan fingerprint density at radius 1 is 1.32 bits per heavy atom. The third-order valence-electron chi connectivity index (χ3n) is 3.38. The van der Waals surface area contributed by atoms with Gasteiger partial charge in [0.25, 0.3) is 5.91 Å². The van der Waals surface area contributed by atoms with Crippen LogP contribution in [0.3, 0.4) is 0 Å². The van der Waals surface area contributed by atoms with E-state index in [9.17, 15) is 4.79 Å². The van der Waals surface area contributed by atoms with Crippen LogP contribution >= 0.6 is 11.3 Å². The van der Waals surface area contributed by atoms with Crippen LogP contribution in [0.5, 0.6) is 0 Å². The lowest BCUT2D eigenvalue weighted by molar-refractivity contribution is 0.102. The molecule has 0 saturated heterocycles. The first kappa shape index (κ1) is 14.5. The molecule has 112 valence electrons. The van der Waals surface area contributed by atoms with Gasteiger partial charge in [-0.25, -0.2) is 9.67 Å². The quantitative estimate of drug-likeness (QED) is 0.802. The van der Waals surface area contributed by atoms with Gasteiger partial charge in [-0.1, -0.05) is 24.6 Å². The summed E-state index contributed by atoms with van der Waals surface area (Å²) < 4.78 is 1.82. The Balaban J connectivity index is 1.93. The molecule has 0 bridgehead atoms. The average molecular weight is 312 g/mol. The minimum absolute atomic E-state index is 0.176. The molecule has 2 aromatic heterocycles. The topological polar surface area (TPSA) is 59.8 Å². The molecule has 1 amide bonds. The van der Waals surface area contributed by atoms with Crippen molar-refractivity contribution in [3.63, 3.8) is 0 Å². The molecule has 1 N–H and O–H groups in total. The van der Waals surface area contributed by atoms with Crippen LogP contribution in [0.4, 0.5) is 5.13 Å². The Kier molecular flexibility index (Phi) is 4.02. The fourth-order valence-corrected chi connectivity index (χ4v) is 2.79. The second-order valence-corrected chi connectivity index (χ2v) is 5.79. The zero-order valence-corrected chi connectivity index (χ0v) is 13.2. The summed E-state index contributed by atoms with van der Waals surface area (Å²) in [5.74, 6) is -0.176. The smallest absolute Gasteiger partial charge is 0.260 e. The minimum Gasteiger partial charge on any atom is -0.298 e. The van der Waals surface area contributed by atoms with Crippen molar-refractivity contribution in [1.82, 2.24) is 14.8 Å². The van der Waals surface area contributed by atoms with Crippen LogP contribution < -0.4 is 5.32 Å². The van der Waals surface area contributed by atoms with E-state index < -0.39 is 0 Å². The maximum atomic E-state index is 12.4. The third kappa shape index (κ3) is 2.78. The van der Waals surface area contributed by atoms with Crippen LogP contribution in [0.15, 0.2) is 42.0 Å². The highest BCUT2D eigenvalue weighted by molar-refractivity contribution is 7.13. The van der Waals surface area contributed by atoms with Crippen molar-refractivity contribution < 1.29 is 4.79 Å². The van der Waals surface area contributed by atoms with Crippen molar-refractivity contribution in [3.8, 4) is 5.69 Å². The number of amides is 1. The number of nitrogens with zero attached hydrogens (tertiary/aromatic N) is 3. The number of carbonyl (C=O) groups is 1. The summed E-state index contributed by atoms with van der Waals surface area (Å²) in [4.78, 5) is 16.5. The molecule has 0 atom stereocenters. The SMILES string of the molecule is CCc1c(C(=O)Nc2nccs2)cnn1-c1ccc(C)cc1. The standard InChI is InChI=1S/C16H16N4OS/c1-3-14-13(15(21)19-16-17-8-9-22-16)10-18-20(14)12-6-4-11(2)5-7-12/h4-10H,3H2,1-2H3,(H,17,19,21). The van der Waals surface area contributed by atoms with E-state index in [1.807, 2.05) is 48.2 Å². The summed E-state index contributed by atoms with van der Waals surface area (Å²) >= 11 is 1.39. The molecule has 0 spiro atoms. The van der Waals surface area contributed by atoms with Crippen molar-refractivity contribution in [3.05, 3.63) is 58.9 Å². The summed E-state index contributed by atoms with van der Waals surface area (Å²) in [7, 11) is 0. The van der Waals surface area contributed by atoms with E-state index in [0.717, 1.165) is 11.4 Å². The molecule has 2 heterocycles. The number of aromatic nitrogens is 3. The monoisotopic (exact) mass is 312 g/mol. The molecule has 3 aromatic rings. The Hall–Kier alpha value is -2.47. The van der Waals surface area contributed by atoms with E-state index in [-0.39, 0.29) is 5.91 Å². The molecular weight excluding hydrogens is 296 g/mol. The van der Waals surface area contributed by atoms with Crippen LogP contribution in [0, 0.1) is 6.92 Å². The molecule has 0 saturated carbocycles. The molecule has 22 heavy (non-hydrogen) atoms. The highest BCUT2D eigenvalue weighted by Crippen LogP contribution is 2.18.